The monoisotopic (exact) mass is 237 g/mol. The Hall–Kier alpha value is -0.0400. The maximum Gasteiger partial charge on any atom is 0.00722 e. The maximum atomic E-state index is 3.87. The molecule has 0 aliphatic heterocycles. The molecule has 0 spiro atoms. The second-order valence-corrected chi connectivity index (χ2v) is 7.16. The summed E-state index contributed by atoms with van der Waals surface area (Å²) in [4.78, 5) is 0. The molecule has 0 aromatic carbocycles. The van der Waals surface area contributed by atoms with Gasteiger partial charge >= 0.3 is 0 Å². The van der Waals surface area contributed by atoms with Gasteiger partial charge in [0.2, 0.25) is 0 Å². The van der Waals surface area contributed by atoms with Gasteiger partial charge in [0.1, 0.15) is 0 Å². The molecule has 0 bridgehead atoms. The lowest BCUT2D eigenvalue weighted by Crippen LogP contribution is -2.39. The molecule has 2 rings (SSSR count). The molecule has 1 N–H and O–H groups in total. The second kappa shape index (κ2) is 6.22. The third kappa shape index (κ3) is 4.28. The van der Waals surface area contributed by atoms with Gasteiger partial charge in [-0.15, -0.1) is 0 Å². The summed E-state index contributed by atoms with van der Waals surface area (Å²) in [5.41, 5.74) is 0. The third-order valence-electron chi connectivity index (χ3n) is 4.92. The summed E-state index contributed by atoms with van der Waals surface area (Å²) in [6.07, 6.45) is 10.1. The zero-order valence-corrected chi connectivity index (χ0v) is 12.0. The van der Waals surface area contributed by atoms with Crippen molar-refractivity contribution in [2.75, 3.05) is 6.54 Å². The van der Waals surface area contributed by atoms with Crippen molar-refractivity contribution in [2.45, 2.75) is 71.8 Å². The smallest absolute Gasteiger partial charge is 0.00722 e. The molecule has 17 heavy (non-hydrogen) atoms. The fourth-order valence-corrected chi connectivity index (χ4v) is 4.19. The van der Waals surface area contributed by atoms with Gasteiger partial charge in [0.05, 0.1) is 0 Å². The Bertz CT molecular complexity index is 216. The highest BCUT2D eigenvalue weighted by atomic mass is 14.9. The molecule has 0 heterocycles. The fraction of sp³-hybridized carbons (Fsp3) is 1.00. The molecule has 1 nitrogen and oxygen atoms in total. The topological polar surface area (TPSA) is 12.0 Å². The molecule has 4 atom stereocenters. The number of hydrogen-bond acceptors (Lipinski definition) is 1. The van der Waals surface area contributed by atoms with E-state index in [9.17, 15) is 0 Å². The Kier molecular flexibility index (Phi) is 4.90. The summed E-state index contributed by atoms with van der Waals surface area (Å²) >= 11 is 0. The molecule has 0 aromatic rings. The lowest BCUT2D eigenvalue weighted by molar-refractivity contribution is 0.213. The minimum absolute atomic E-state index is 0.811. The number of nitrogens with one attached hydrogen (secondary N) is 1. The third-order valence-corrected chi connectivity index (χ3v) is 4.92. The van der Waals surface area contributed by atoms with Crippen molar-refractivity contribution < 1.29 is 0 Å². The van der Waals surface area contributed by atoms with E-state index < -0.39 is 0 Å². The van der Waals surface area contributed by atoms with Gasteiger partial charge in [-0.05, 0) is 62.3 Å². The van der Waals surface area contributed by atoms with Crippen LogP contribution in [0.5, 0.6) is 0 Å². The van der Waals surface area contributed by atoms with Crippen molar-refractivity contribution in [2.24, 2.45) is 23.7 Å². The standard InChI is InChI=1S/C16H31N/c1-12-5-4-6-15(8-12)11-17-16-9-13(2)7-14(3)10-16/h12-17H,4-11H2,1-3H3. The molecule has 4 unspecified atom stereocenters. The number of rotatable bonds is 3. The lowest BCUT2D eigenvalue weighted by Gasteiger charge is -2.34. The van der Waals surface area contributed by atoms with Crippen LogP contribution < -0.4 is 5.32 Å². The molecule has 2 saturated carbocycles. The summed E-state index contributed by atoms with van der Waals surface area (Å²) in [5.74, 6) is 3.80. The Morgan fingerprint density at radius 2 is 1.53 bits per heavy atom. The van der Waals surface area contributed by atoms with Crippen molar-refractivity contribution in [1.82, 2.24) is 5.32 Å². The van der Waals surface area contributed by atoms with Crippen LogP contribution in [0, 0.1) is 23.7 Å². The van der Waals surface area contributed by atoms with Gasteiger partial charge in [-0.25, -0.2) is 0 Å². The summed E-state index contributed by atoms with van der Waals surface area (Å²) in [6.45, 7) is 8.56. The highest BCUT2D eigenvalue weighted by Gasteiger charge is 2.25. The first kappa shape index (κ1) is 13.4. The molecule has 0 radical (unpaired) electrons. The number of hydrogen-bond donors (Lipinski definition) is 1. The van der Waals surface area contributed by atoms with E-state index in [2.05, 4.69) is 26.1 Å². The lowest BCUT2D eigenvalue weighted by atomic mass is 9.79. The van der Waals surface area contributed by atoms with Crippen LogP contribution in [0.25, 0.3) is 0 Å². The minimum atomic E-state index is 0.811. The van der Waals surface area contributed by atoms with Crippen LogP contribution in [-0.4, -0.2) is 12.6 Å². The predicted molar refractivity (Wildman–Crippen MR) is 75.1 cm³/mol. The van der Waals surface area contributed by atoms with Crippen molar-refractivity contribution in [3.8, 4) is 0 Å². The normalized spacial score (nSPS) is 43.6. The highest BCUT2D eigenvalue weighted by molar-refractivity contribution is 4.81. The van der Waals surface area contributed by atoms with E-state index in [0.29, 0.717) is 0 Å². The van der Waals surface area contributed by atoms with Crippen molar-refractivity contribution in [1.29, 1.82) is 0 Å². The van der Waals surface area contributed by atoms with E-state index in [0.717, 1.165) is 29.7 Å². The quantitative estimate of drug-likeness (QED) is 0.774. The first-order valence-electron chi connectivity index (χ1n) is 7.87. The molecule has 0 saturated heterocycles. The summed E-state index contributed by atoms with van der Waals surface area (Å²) in [5, 5.41) is 3.87. The molecule has 0 amide bonds. The van der Waals surface area contributed by atoms with Gasteiger partial charge in [0.15, 0.2) is 0 Å². The largest absolute Gasteiger partial charge is 0.314 e. The van der Waals surface area contributed by atoms with Crippen LogP contribution in [0.4, 0.5) is 0 Å². The van der Waals surface area contributed by atoms with Gasteiger partial charge in [-0.2, -0.15) is 0 Å². The maximum absolute atomic E-state index is 3.87. The SMILES string of the molecule is CC1CCCC(CNC2CC(C)CC(C)C2)C1. The molecular formula is C16H31N. The minimum Gasteiger partial charge on any atom is -0.314 e. The Morgan fingerprint density at radius 1 is 0.824 bits per heavy atom. The average molecular weight is 237 g/mol. The molecule has 100 valence electrons. The molecule has 2 aliphatic carbocycles. The van der Waals surface area contributed by atoms with Gasteiger partial charge < -0.3 is 5.32 Å². The van der Waals surface area contributed by atoms with Crippen LogP contribution in [0.3, 0.4) is 0 Å². The zero-order valence-electron chi connectivity index (χ0n) is 12.0. The Balaban J connectivity index is 1.70. The van der Waals surface area contributed by atoms with E-state index in [4.69, 9.17) is 0 Å². The molecule has 1 heteroatoms. The van der Waals surface area contributed by atoms with Gasteiger partial charge in [-0.1, -0.05) is 33.6 Å². The van der Waals surface area contributed by atoms with Gasteiger partial charge in [-0.3, -0.25) is 0 Å². The van der Waals surface area contributed by atoms with Crippen LogP contribution in [0.15, 0.2) is 0 Å². The fourth-order valence-electron chi connectivity index (χ4n) is 4.19. The molecule has 0 aromatic heterocycles. The van der Waals surface area contributed by atoms with E-state index in [1.165, 1.54) is 51.5 Å². The van der Waals surface area contributed by atoms with Crippen molar-refractivity contribution >= 4 is 0 Å². The second-order valence-electron chi connectivity index (χ2n) is 7.16. The van der Waals surface area contributed by atoms with E-state index >= 15 is 0 Å². The summed E-state index contributed by atoms with van der Waals surface area (Å²) in [6, 6.07) is 0.811. The molecule has 2 fully saturated rings. The zero-order chi connectivity index (χ0) is 12.3. The highest BCUT2D eigenvalue weighted by Crippen LogP contribution is 2.30. The average Bonchev–Trinajstić information content (AvgIpc) is 2.25. The predicted octanol–water partition coefficient (Wildman–Crippen LogP) is 4.23. The van der Waals surface area contributed by atoms with Crippen LogP contribution >= 0.6 is 0 Å². The van der Waals surface area contributed by atoms with E-state index in [-0.39, 0.29) is 0 Å². The van der Waals surface area contributed by atoms with Crippen LogP contribution in [0.1, 0.15) is 65.7 Å². The van der Waals surface area contributed by atoms with E-state index in [1.54, 1.807) is 0 Å². The summed E-state index contributed by atoms with van der Waals surface area (Å²) < 4.78 is 0. The van der Waals surface area contributed by atoms with Crippen molar-refractivity contribution in [3.05, 3.63) is 0 Å². The van der Waals surface area contributed by atoms with Gasteiger partial charge in [0.25, 0.3) is 0 Å². The summed E-state index contributed by atoms with van der Waals surface area (Å²) in [7, 11) is 0. The van der Waals surface area contributed by atoms with E-state index in [1.807, 2.05) is 0 Å². The first-order valence-corrected chi connectivity index (χ1v) is 7.87. The Morgan fingerprint density at radius 3 is 2.18 bits per heavy atom. The molecule has 2 aliphatic rings. The van der Waals surface area contributed by atoms with Crippen LogP contribution in [-0.2, 0) is 0 Å². The Labute approximate surface area is 108 Å². The molecular weight excluding hydrogens is 206 g/mol. The van der Waals surface area contributed by atoms with Gasteiger partial charge in [0, 0.05) is 6.04 Å². The van der Waals surface area contributed by atoms with Crippen LogP contribution in [0.2, 0.25) is 0 Å². The first-order chi connectivity index (χ1) is 8.13. The van der Waals surface area contributed by atoms with Crippen molar-refractivity contribution in [3.63, 3.8) is 0 Å².